The van der Waals surface area contributed by atoms with Crippen LogP contribution in [-0.2, 0) is 14.3 Å². The number of ether oxygens (including phenoxy) is 2. The highest BCUT2D eigenvalue weighted by Crippen LogP contribution is 2.18. The topological polar surface area (TPSA) is 38.8 Å². The minimum Gasteiger partial charge on any atom is -0.374 e. The summed E-state index contributed by atoms with van der Waals surface area (Å²) in [4.78, 5) is 12.6. The third-order valence-electron chi connectivity index (χ3n) is 2.19. The van der Waals surface area contributed by atoms with Crippen LogP contribution in [0, 0.1) is 0 Å². The number of hydrogen-bond donors (Lipinski definition) is 0. The zero-order valence-corrected chi connectivity index (χ0v) is 7.79. The minimum absolute atomic E-state index is 0.0111. The Labute approximate surface area is 72.4 Å². The number of amides is 1. The molecule has 0 aromatic rings. The molecule has 1 rings (SSSR count). The Kier molecular flexibility index (Phi) is 2.69. The largest absolute Gasteiger partial charge is 0.374 e. The second-order valence-electron chi connectivity index (χ2n) is 3.15. The van der Waals surface area contributed by atoms with E-state index in [2.05, 4.69) is 0 Å². The molecule has 0 aliphatic carbocycles. The second kappa shape index (κ2) is 3.41. The van der Waals surface area contributed by atoms with E-state index in [1.165, 1.54) is 6.92 Å². The van der Waals surface area contributed by atoms with Crippen molar-refractivity contribution in [2.24, 2.45) is 0 Å². The quantitative estimate of drug-likeness (QED) is 0.569. The summed E-state index contributed by atoms with van der Waals surface area (Å²) in [5, 5.41) is 0. The number of carbonyl (C=O) groups is 1. The normalized spacial score (nSPS) is 29.9. The lowest BCUT2D eigenvalue weighted by molar-refractivity contribution is -0.214. The van der Waals surface area contributed by atoms with E-state index in [0.29, 0.717) is 19.8 Å². The van der Waals surface area contributed by atoms with Crippen molar-refractivity contribution in [3.05, 3.63) is 0 Å². The molecule has 4 nitrogen and oxygen atoms in total. The Balaban J connectivity index is 2.62. The van der Waals surface area contributed by atoms with Crippen molar-refractivity contribution in [1.82, 2.24) is 4.90 Å². The molecule has 0 N–H and O–H groups in total. The molecular weight excluding hydrogens is 158 g/mol. The second-order valence-corrected chi connectivity index (χ2v) is 3.15. The lowest BCUT2D eigenvalue weighted by atomic mass is 10.2. The summed E-state index contributed by atoms with van der Waals surface area (Å²) in [5.41, 5.74) is -0.579. The molecule has 1 fully saturated rings. The lowest BCUT2D eigenvalue weighted by Gasteiger charge is -2.40. The van der Waals surface area contributed by atoms with Crippen LogP contribution in [0.2, 0.25) is 0 Å². The average Bonchev–Trinajstić information content (AvgIpc) is 2.04. The molecule has 12 heavy (non-hydrogen) atoms. The molecule has 1 saturated heterocycles. The van der Waals surface area contributed by atoms with Gasteiger partial charge in [0.1, 0.15) is 0 Å². The van der Waals surface area contributed by atoms with Gasteiger partial charge in [0.2, 0.25) is 5.91 Å². The van der Waals surface area contributed by atoms with Crippen LogP contribution in [0.1, 0.15) is 13.8 Å². The average molecular weight is 173 g/mol. The molecule has 1 amide bonds. The molecule has 1 aliphatic rings. The van der Waals surface area contributed by atoms with Crippen molar-refractivity contribution in [2.75, 3.05) is 26.9 Å². The van der Waals surface area contributed by atoms with Gasteiger partial charge in [-0.1, -0.05) is 0 Å². The van der Waals surface area contributed by atoms with Gasteiger partial charge in [-0.25, -0.2) is 0 Å². The van der Waals surface area contributed by atoms with Gasteiger partial charge >= 0.3 is 0 Å². The summed E-state index contributed by atoms with van der Waals surface area (Å²) in [5.74, 6) is -0.0111. The maximum atomic E-state index is 11.0. The van der Waals surface area contributed by atoms with Crippen LogP contribution in [0.25, 0.3) is 0 Å². The zero-order valence-electron chi connectivity index (χ0n) is 7.79. The minimum atomic E-state index is -0.579. The van der Waals surface area contributed by atoms with Crippen molar-refractivity contribution in [2.45, 2.75) is 19.6 Å². The third-order valence-corrected chi connectivity index (χ3v) is 2.19. The third kappa shape index (κ3) is 1.76. The summed E-state index contributed by atoms with van der Waals surface area (Å²) >= 11 is 0. The van der Waals surface area contributed by atoms with E-state index in [1.807, 2.05) is 6.92 Å². The Bertz CT molecular complexity index is 175. The van der Waals surface area contributed by atoms with Crippen molar-refractivity contribution in [1.29, 1.82) is 0 Å². The Morgan fingerprint density at radius 3 is 2.58 bits per heavy atom. The van der Waals surface area contributed by atoms with Crippen LogP contribution in [0.4, 0.5) is 0 Å². The van der Waals surface area contributed by atoms with E-state index in [-0.39, 0.29) is 5.91 Å². The molecule has 0 aromatic carbocycles. The highest BCUT2D eigenvalue weighted by atomic mass is 16.6. The molecule has 1 atom stereocenters. The highest BCUT2D eigenvalue weighted by molar-refractivity contribution is 5.73. The standard InChI is InChI=1S/C8H15NO3/c1-7(10)9(3)8(2)6-11-4-5-12-8/h4-6H2,1-3H3. The van der Waals surface area contributed by atoms with Crippen molar-refractivity contribution < 1.29 is 14.3 Å². The van der Waals surface area contributed by atoms with E-state index in [9.17, 15) is 4.79 Å². The highest BCUT2D eigenvalue weighted by Gasteiger charge is 2.34. The molecule has 4 heteroatoms. The number of likely N-dealkylation sites (N-methyl/N-ethyl adjacent to an activating group) is 1. The van der Waals surface area contributed by atoms with E-state index in [4.69, 9.17) is 9.47 Å². The number of nitrogens with zero attached hydrogens (tertiary/aromatic N) is 1. The first kappa shape index (κ1) is 9.48. The van der Waals surface area contributed by atoms with E-state index >= 15 is 0 Å². The first-order valence-corrected chi connectivity index (χ1v) is 4.02. The molecule has 0 radical (unpaired) electrons. The Morgan fingerprint density at radius 2 is 2.17 bits per heavy atom. The molecule has 0 saturated carbocycles. The first-order chi connectivity index (χ1) is 5.56. The Hall–Kier alpha value is -0.610. The summed E-state index contributed by atoms with van der Waals surface area (Å²) in [6, 6.07) is 0. The molecule has 1 heterocycles. The number of rotatable bonds is 1. The van der Waals surface area contributed by atoms with Gasteiger partial charge in [0.25, 0.3) is 0 Å². The summed E-state index contributed by atoms with van der Waals surface area (Å²) < 4.78 is 10.7. The van der Waals surface area contributed by atoms with Gasteiger partial charge in [0.15, 0.2) is 5.72 Å². The summed E-state index contributed by atoms with van der Waals surface area (Å²) in [6.07, 6.45) is 0. The van der Waals surface area contributed by atoms with Crippen molar-refractivity contribution in [3.63, 3.8) is 0 Å². The van der Waals surface area contributed by atoms with Gasteiger partial charge in [-0.15, -0.1) is 0 Å². The maximum absolute atomic E-state index is 11.0. The fourth-order valence-electron chi connectivity index (χ4n) is 1.15. The van der Waals surface area contributed by atoms with Gasteiger partial charge in [-0.2, -0.15) is 0 Å². The molecule has 0 bridgehead atoms. The SMILES string of the molecule is CC(=O)N(C)C1(C)COCCO1. The van der Waals surface area contributed by atoms with Gasteiger partial charge < -0.3 is 14.4 Å². The molecule has 0 spiro atoms. The van der Waals surface area contributed by atoms with Crippen LogP contribution in [-0.4, -0.2) is 43.4 Å². The molecule has 70 valence electrons. The first-order valence-electron chi connectivity index (χ1n) is 4.02. The maximum Gasteiger partial charge on any atom is 0.221 e. The molecule has 1 aliphatic heterocycles. The number of hydrogen-bond acceptors (Lipinski definition) is 3. The fourth-order valence-corrected chi connectivity index (χ4v) is 1.15. The van der Waals surface area contributed by atoms with Crippen LogP contribution in [0.5, 0.6) is 0 Å². The van der Waals surface area contributed by atoms with E-state index in [0.717, 1.165) is 0 Å². The predicted molar refractivity (Wildman–Crippen MR) is 43.6 cm³/mol. The van der Waals surface area contributed by atoms with Crippen molar-refractivity contribution >= 4 is 5.91 Å². The van der Waals surface area contributed by atoms with Gasteiger partial charge in [0, 0.05) is 14.0 Å². The van der Waals surface area contributed by atoms with Crippen LogP contribution in [0.15, 0.2) is 0 Å². The van der Waals surface area contributed by atoms with E-state index < -0.39 is 5.72 Å². The smallest absolute Gasteiger partial charge is 0.221 e. The van der Waals surface area contributed by atoms with Gasteiger partial charge in [-0.3, -0.25) is 4.79 Å². The summed E-state index contributed by atoms with van der Waals surface area (Å²) in [7, 11) is 1.72. The molecule has 0 aromatic heterocycles. The van der Waals surface area contributed by atoms with Crippen LogP contribution < -0.4 is 0 Å². The van der Waals surface area contributed by atoms with Gasteiger partial charge in [-0.05, 0) is 6.92 Å². The van der Waals surface area contributed by atoms with Crippen molar-refractivity contribution in [3.8, 4) is 0 Å². The monoisotopic (exact) mass is 173 g/mol. The van der Waals surface area contributed by atoms with Crippen LogP contribution >= 0.6 is 0 Å². The summed E-state index contributed by atoms with van der Waals surface area (Å²) in [6.45, 7) is 4.98. The van der Waals surface area contributed by atoms with E-state index in [1.54, 1.807) is 11.9 Å². The lowest BCUT2D eigenvalue weighted by Crippen LogP contribution is -2.54. The zero-order chi connectivity index (χ0) is 9.19. The Morgan fingerprint density at radius 1 is 1.50 bits per heavy atom. The molecule has 1 unspecified atom stereocenters. The fraction of sp³-hybridized carbons (Fsp3) is 0.875. The number of carbonyl (C=O) groups excluding carboxylic acids is 1. The van der Waals surface area contributed by atoms with Crippen LogP contribution in [0.3, 0.4) is 0 Å². The van der Waals surface area contributed by atoms with Gasteiger partial charge in [0.05, 0.1) is 19.8 Å². The predicted octanol–water partition coefficient (Wildman–Crippen LogP) is 0.228. The molecular formula is C8H15NO3.